The van der Waals surface area contributed by atoms with E-state index in [1.165, 1.54) is 17.4 Å². The van der Waals surface area contributed by atoms with Crippen molar-refractivity contribution in [3.05, 3.63) is 126 Å². The second kappa shape index (κ2) is 12.0. The quantitative estimate of drug-likeness (QED) is 0.212. The van der Waals surface area contributed by atoms with Crippen LogP contribution in [0.4, 0.5) is 5.69 Å². The molecule has 0 atom stereocenters. The smallest absolute Gasteiger partial charge is 0.228 e. The molecule has 0 spiro atoms. The predicted molar refractivity (Wildman–Crippen MR) is 175 cm³/mol. The van der Waals surface area contributed by atoms with E-state index in [4.69, 9.17) is 9.72 Å². The van der Waals surface area contributed by atoms with Crippen LogP contribution in [0.1, 0.15) is 41.4 Å². The molecule has 0 bridgehead atoms. The van der Waals surface area contributed by atoms with Gasteiger partial charge in [0, 0.05) is 43.7 Å². The molecule has 6 heteroatoms. The Kier molecular flexibility index (Phi) is 7.61. The number of carbonyl (C=O) groups is 2. The van der Waals surface area contributed by atoms with Gasteiger partial charge >= 0.3 is 0 Å². The van der Waals surface area contributed by atoms with E-state index in [1.54, 1.807) is 18.2 Å². The highest BCUT2D eigenvalue weighted by Gasteiger charge is 2.34. The van der Waals surface area contributed by atoms with Crippen LogP contribution < -0.4 is 10.2 Å². The van der Waals surface area contributed by atoms with Crippen molar-refractivity contribution in [1.82, 2.24) is 10.3 Å². The Bertz CT molecular complexity index is 1890. The first-order chi connectivity index (χ1) is 21.5. The van der Waals surface area contributed by atoms with Gasteiger partial charge in [0.25, 0.3) is 0 Å². The van der Waals surface area contributed by atoms with Gasteiger partial charge in [0.15, 0.2) is 0 Å². The van der Waals surface area contributed by atoms with Crippen molar-refractivity contribution >= 4 is 34.4 Å². The summed E-state index contributed by atoms with van der Waals surface area (Å²) in [6.45, 7) is 3.84. The molecule has 0 saturated carbocycles. The van der Waals surface area contributed by atoms with E-state index in [0.29, 0.717) is 28.7 Å². The molecule has 7 rings (SSSR count). The highest BCUT2D eigenvalue weighted by atomic mass is 16.5. The molecular formula is C38H33N3O3. The number of benzene rings is 4. The lowest BCUT2D eigenvalue weighted by Gasteiger charge is -2.23. The van der Waals surface area contributed by atoms with Gasteiger partial charge in [-0.05, 0) is 77.1 Å². The summed E-state index contributed by atoms with van der Waals surface area (Å²) in [7, 11) is 0. The molecule has 0 radical (unpaired) electrons. The van der Waals surface area contributed by atoms with Gasteiger partial charge < -0.3 is 10.1 Å². The molecule has 6 nitrogen and oxygen atoms in total. The van der Waals surface area contributed by atoms with Gasteiger partial charge in [-0.15, -0.1) is 0 Å². The fraction of sp³-hybridized carbons (Fsp3) is 0.184. The van der Waals surface area contributed by atoms with Crippen LogP contribution in [-0.2, 0) is 16.1 Å². The molecular weight excluding hydrogens is 546 g/mol. The molecule has 2 aliphatic rings. The van der Waals surface area contributed by atoms with Crippen molar-refractivity contribution in [2.24, 2.45) is 0 Å². The number of hydrogen-bond donors (Lipinski definition) is 1. The summed E-state index contributed by atoms with van der Waals surface area (Å²) in [4.78, 5) is 32.6. The number of aromatic nitrogens is 1. The largest absolute Gasteiger partial charge is 0.381 e. The van der Waals surface area contributed by atoms with Crippen LogP contribution in [0, 0.1) is 0 Å². The van der Waals surface area contributed by atoms with Crippen molar-refractivity contribution in [1.29, 1.82) is 0 Å². The fourth-order valence-corrected chi connectivity index (χ4v) is 6.19. The Morgan fingerprint density at radius 2 is 1.57 bits per heavy atom. The lowest BCUT2D eigenvalue weighted by Crippen LogP contribution is -2.34. The molecule has 1 N–H and O–H groups in total. The predicted octanol–water partition coefficient (Wildman–Crippen LogP) is 7.43. The molecule has 1 saturated heterocycles. The number of allylic oxidation sites excluding steroid dienone is 1. The first-order valence-corrected chi connectivity index (χ1v) is 15.1. The third-order valence-electron chi connectivity index (χ3n) is 8.47. The summed E-state index contributed by atoms with van der Waals surface area (Å²) in [5.41, 5.74) is 8.45. The molecule has 2 aliphatic heterocycles. The number of para-hydroxylation sites is 1. The first kappa shape index (κ1) is 27.9. The minimum atomic E-state index is -0.214. The van der Waals surface area contributed by atoms with Gasteiger partial charge in [0.1, 0.15) is 0 Å². The molecule has 44 heavy (non-hydrogen) atoms. The lowest BCUT2D eigenvalue weighted by molar-refractivity contribution is -0.116. The normalized spacial score (nSPS) is 16.1. The number of hydrogen-bond acceptors (Lipinski definition) is 5. The standard InChI is InChI=1S/C38H33N3O3/c1-25(42)41-36-10-6-5-9-32(36)38(43)37(41)23-31-22-33(29-14-12-28(13-15-29)27-7-3-2-4-8-27)34-21-26(11-16-35(34)40-31)24-39-30-17-19-44-20-18-30/h2-16,21-23,30,39H,17-20,24H2,1H3/b37-23-. The number of nitrogens with one attached hydrogen (secondary N) is 1. The first-order valence-electron chi connectivity index (χ1n) is 15.1. The van der Waals surface area contributed by atoms with E-state index in [0.717, 1.165) is 65.8 Å². The second-order valence-corrected chi connectivity index (χ2v) is 11.4. The highest BCUT2D eigenvalue weighted by Crippen LogP contribution is 2.37. The minimum Gasteiger partial charge on any atom is -0.381 e. The molecule has 1 aromatic heterocycles. The maximum atomic E-state index is 13.4. The molecule has 5 aromatic rings. The monoisotopic (exact) mass is 579 g/mol. The van der Waals surface area contributed by atoms with E-state index < -0.39 is 0 Å². The zero-order valence-corrected chi connectivity index (χ0v) is 24.6. The molecule has 0 aliphatic carbocycles. The zero-order chi connectivity index (χ0) is 30.0. The number of carbonyl (C=O) groups excluding carboxylic acids is 2. The second-order valence-electron chi connectivity index (χ2n) is 11.4. The number of ether oxygens (including phenoxy) is 1. The highest BCUT2D eigenvalue weighted by molar-refractivity contribution is 6.26. The third kappa shape index (κ3) is 5.46. The zero-order valence-electron chi connectivity index (χ0n) is 24.6. The number of anilines is 1. The Hall–Kier alpha value is -4.91. The number of nitrogens with zero attached hydrogens (tertiary/aromatic N) is 2. The number of ketones is 1. The molecule has 1 fully saturated rings. The van der Waals surface area contributed by atoms with Crippen molar-refractivity contribution in [2.75, 3.05) is 18.1 Å². The van der Waals surface area contributed by atoms with E-state index in [1.807, 2.05) is 42.5 Å². The molecule has 0 unspecified atom stereocenters. The summed E-state index contributed by atoms with van der Waals surface area (Å²) in [6.07, 6.45) is 3.78. The van der Waals surface area contributed by atoms with Gasteiger partial charge in [-0.3, -0.25) is 14.5 Å². The van der Waals surface area contributed by atoms with Crippen LogP contribution in [0.15, 0.2) is 109 Å². The van der Waals surface area contributed by atoms with Crippen LogP contribution in [0.3, 0.4) is 0 Å². The molecule has 218 valence electrons. The number of amides is 1. The maximum absolute atomic E-state index is 13.4. The van der Waals surface area contributed by atoms with Gasteiger partial charge in [-0.2, -0.15) is 0 Å². The van der Waals surface area contributed by atoms with Crippen LogP contribution in [-0.4, -0.2) is 35.9 Å². The molecule has 3 heterocycles. The van der Waals surface area contributed by atoms with Crippen LogP contribution in [0.25, 0.3) is 39.2 Å². The fourth-order valence-electron chi connectivity index (χ4n) is 6.19. The van der Waals surface area contributed by atoms with Crippen molar-refractivity contribution in [2.45, 2.75) is 32.4 Å². The lowest BCUT2D eigenvalue weighted by atomic mass is 9.96. The van der Waals surface area contributed by atoms with Crippen LogP contribution in [0.2, 0.25) is 0 Å². The van der Waals surface area contributed by atoms with Crippen molar-refractivity contribution < 1.29 is 14.3 Å². The topological polar surface area (TPSA) is 71.5 Å². The van der Waals surface area contributed by atoms with E-state index in [-0.39, 0.29) is 11.7 Å². The van der Waals surface area contributed by atoms with E-state index in [2.05, 4.69) is 53.8 Å². The summed E-state index contributed by atoms with van der Waals surface area (Å²) in [5.74, 6) is -0.394. The Morgan fingerprint density at radius 3 is 2.34 bits per heavy atom. The van der Waals surface area contributed by atoms with Crippen molar-refractivity contribution in [3.8, 4) is 22.3 Å². The van der Waals surface area contributed by atoms with E-state index >= 15 is 0 Å². The van der Waals surface area contributed by atoms with Gasteiger partial charge in [-0.1, -0.05) is 72.8 Å². The number of rotatable bonds is 6. The van der Waals surface area contributed by atoms with Crippen LogP contribution in [0.5, 0.6) is 0 Å². The van der Waals surface area contributed by atoms with Gasteiger partial charge in [0.05, 0.1) is 22.6 Å². The Labute approximate surface area is 257 Å². The summed E-state index contributed by atoms with van der Waals surface area (Å²) < 4.78 is 5.52. The van der Waals surface area contributed by atoms with E-state index in [9.17, 15) is 9.59 Å². The summed E-state index contributed by atoms with van der Waals surface area (Å²) >= 11 is 0. The summed E-state index contributed by atoms with van der Waals surface area (Å²) in [6, 6.07) is 35.0. The average molecular weight is 580 g/mol. The molecule has 1 amide bonds. The Morgan fingerprint density at radius 1 is 0.864 bits per heavy atom. The maximum Gasteiger partial charge on any atom is 0.228 e. The van der Waals surface area contributed by atoms with Crippen molar-refractivity contribution in [3.63, 3.8) is 0 Å². The number of Topliss-reactive ketones (excluding diaryl/α,β-unsaturated/α-hetero) is 1. The third-order valence-corrected chi connectivity index (χ3v) is 8.47. The number of fused-ring (bicyclic) bond motifs is 2. The minimum absolute atomic E-state index is 0.180. The van der Waals surface area contributed by atoms with Crippen LogP contribution >= 0.6 is 0 Å². The number of pyridine rings is 1. The van der Waals surface area contributed by atoms with Gasteiger partial charge in [-0.25, -0.2) is 4.98 Å². The average Bonchev–Trinajstić information content (AvgIpc) is 3.35. The SMILES string of the molecule is CC(=O)N1/C(=C\c2cc(-c3ccc(-c4ccccc4)cc3)c3cc(CNC4CCOCC4)ccc3n2)C(=O)c2ccccc21. The van der Waals surface area contributed by atoms with Gasteiger partial charge in [0.2, 0.25) is 11.7 Å². The Balaban J connectivity index is 1.31. The summed E-state index contributed by atoms with van der Waals surface area (Å²) in [5, 5.41) is 4.73. The molecule has 4 aromatic carbocycles.